The molecular weight excluding hydrogens is 322 g/mol. The summed E-state index contributed by atoms with van der Waals surface area (Å²) in [6.45, 7) is 0. The number of aliphatic imine (C=N–C) groups is 1. The fraction of sp³-hybridized carbons (Fsp3) is 0.0476. The molecule has 0 saturated heterocycles. The lowest BCUT2D eigenvalue weighted by Crippen LogP contribution is -2.31. The van der Waals surface area contributed by atoms with Gasteiger partial charge in [0, 0.05) is 23.4 Å². The lowest BCUT2D eigenvalue weighted by atomic mass is 9.95. The molecule has 3 aromatic rings. The van der Waals surface area contributed by atoms with Gasteiger partial charge < -0.3 is 0 Å². The monoisotopic (exact) mass is 335 g/mol. The predicted octanol–water partition coefficient (Wildman–Crippen LogP) is 3.26. The second-order valence-corrected chi connectivity index (χ2v) is 6.09. The Morgan fingerprint density at radius 1 is 0.962 bits per heavy atom. The van der Waals surface area contributed by atoms with E-state index in [1.54, 1.807) is 18.3 Å². The molecule has 122 valence electrons. The highest BCUT2D eigenvalue weighted by Gasteiger charge is 2.30. The Kier molecular flexibility index (Phi) is 3.58. The molecule has 2 N–H and O–H groups in total. The molecule has 5 heteroatoms. The van der Waals surface area contributed by atoms with Crippen LogP contribution in [-0.4, -0.2) is 11.2 Å². The van der Waals surface area contributed by atoms with Crippen molar-refractivity contribution in [2.24, 2.45) is 10.7 Å². The molecule has 26 heavy (non-hydrogen) atoms. The Bertz CT molecular complexity index is 1180. The number of hydrogen-bond donors (Lipinski definition) is 1. The van der Waals surface area contributed by atoms with Crippen LogP contribution in [-0.2, 0) is 5.66 Å². The van der Waals surface area contributed by atoms with Crippen molar-refractivity contribution >= 4 is 22.7 Å². The van der Waals surface area contributed by atoms with Gasteiger partial charge in [0.15, 0.2) is 5.66 Å². The molecule has 5 nitrogen and oxygen atoms in total. The number of benzene rings is 2. The summed E-state index contributed by atoms with van der Waals surface area (Å²) >= 11 is 0. The largest absolute Gasteiger partial charge is 0.300 e. The third-order valence-corrected chi connectivity index (χ3v) is 4.39. The zero-order valence-electron chi connectivity index (χ0n) is 13.7. The first kappa shape index (κ1) is 15.7. The summed E-state index contributed by atoms with van der Waals surface area (Å²) in [5, 5.41) is 19.0. The van der Waals surface area contributed by atoms with E-state index in [0.29, 0.717) is 11.1 Å². The summed E-state index contributed by atoms with van der Waals surface area (Å²) in [7, 11) is 0. The minimum Gasteiger partial charge on any atom is -0.300 e. The highest BCUT2D eigenvalue weighted by atomic mass is 15.0. The Balaban J connectivity index is 1.83. The normalized spacial score (nSPS) is 18.3. The minimum absolute atomic E-state index is 0.500. The van der Waals surface area contributed by atoms with Crippen molar-refractivity contribution in [2.75, 3.05) is 0 Å². The topological polar surface area (TPSA) is 98.8 Å². The van der Waals surface area contributed by atoms with E-state index < -0.39 is 5.66 Å². The average Bonchev–Trinajstić information content (AvgIpc) is 3.10. The number of pyridine rings is 1. The van der Waals surface area contributed by atoms with Gasteiger partial charge in [-0.15, -0.1) is 0 Å². The van der Waals surface area contributed by atoms with Gasteiger partial charge in [-0.1, -0.05) is 30.3 Å². The fourth-order valence-corrected chi connectivity index (χ4v) is 3.11. The molecule has 0 amide bonds. The highest BCUT2D eigenvalue weighted by molar-refractivity contribution is 6.12. The van der Waals surface area contributed by atoms with Crippen molar-refractivity contribution in [3.05, 3.63) is 83.1 Å². The lowest BCUT2D eigenvalue weighted by Gasteiger charge is -2.20. The smallest absolute Gasteiger partial charge is 0.155 e. The second-order valence-electron chi connectivity index (χ2n) is 6.09. The number of para-hydroxylation sites is 1. The van der Waals surface area contributed by atoms with E-state index >= 15 is 0 Å². The standard InChI is InChI=1S/C21H13N5/c22-10-14-3-1-4-16(7-14)18-9-21(24,26-13-18)19-6-2-5-17-8-15(11-23)12-25-20(17)19/h1-9,12-13H,24H2. The van der Waals surface area contributed by atoms with Crippen molar-refractivity contribution in [3.63, 3.8) is 0 Å². The van der Waals surface area contributed by atoms with Gasteiger partial charge >= 0.3 is 0 Å². The Morgan fingerprint density at radius 3 is 2.58 bits per heavy atom. The van der Waals surface area contributed by atoms with Gasteiger partial charge in [0.1, 0.15) is 6.07 Å². The van der Waals surface area contributed by atoms with Crippen LogP contribution in [0.4, 0.5) is 0 Å². The van der Waals surface area contributed by atoms with Crippen molar-refractivity contribution in [3.8, 4) is 12.1 Å². The fourth-order valence-electron chi connectivity index (χ4n) is 3.11. The second kappa shape index (κ2) is 5.93. The molecule has 2 aromatic carbocycles. The summed E-state index contributed by atoms with van der Waals surface area (Å²) < 4.78 is 0. The van der Waals surface area contributed by atoms with E-state index in [0.717, 1.165) is 27.6 Å². The van der Waals surface area contributed by atoms with Crippen molar-refractivity contribution in [1.82, 2.24) is 4.98 Å². The quantitative estimate of drug-likeness (QED) is 0.777. The van der Waals surface area contributed by atoms with E-state index in [9.17, 15) is 0 Å². The van der Waals surface area contributed by atoms with Crippen LogP contribution in [0.5, 0.6) is 0 Å². The van der Waals surface area contributed by atoms with Crippen LogP contribution in [0.2, 0.25) is 0 Å². The summed E-state index contributed by atoms with van der Waals surface area (Å²) in [4.78, 5) is 8.93. The zero-order chi connectivity index (χ0) is 18.1. The molecule has 0 saturated carbocycles. The number of nitriles is 2. The molecule has 1 aliphatic rings. The Morgan fingerprint density at radius 2 is 1.77 bits per heavy atom. The summed E-state index contributed by atoms with van der Waals surface area (Å²) in [6.07, 6.45) is 5.13. The molecule has 1 aromatic heterocycles. The summed E-state index contributed by atoms with van der Waals surface area (Å²) in [5.74, 6) is 0. The van der Waals surface area contributed by atoms with Gasteiger partial charge in [-0.25, -0.2) is 0 Å². The van der Waals surface area contributed by atoms with Gasteiger partial charge in [0.05, 0.1) is 22.7 Å². The maximum atomic E-state index is 9.09. The molecule has 0 bridgehead atoms. The third-order valence-electron chi connectivity index (χ3n) is 4.39. The van der Waals surface area contributed by atoms with E-state index in [4.69, 9.17) is 16.3 Å². The van der Waals surface area contributed by atoms with Crippen LogP contribution in [0.3, 0.4) is 0 Å². The van der Waals surface area contributed by atoms with Gasteiger partial charge in [0.2, 0.25) is 0 Å². The van der Waals surface area contributed by atoms with E-state index in [-0.39, 0.29) is 0 Å². The van der Waals surface area contributed by atoms with Crippen molar-refractivity contribution in [1.29, 1.82) is 10.5 Å². The molecule has 4 rings (SSSR count). The lowest BCUT2D eigenvalue weighted by molar-refractivity contribution is 0.614. The number of fused-ring (bicyclic) bond motifs is 1. The third kappa shape index (κ3) is 2.53. The highest BCUT2D eigenvalue weighted by Crippen LogP contribution is 2.34. The summed E-state index contributed by atoms with van der Waals surface area (Å²) in [5.41, 5.74) is 9.84. The minimum atomic E-state index is -1.04. The maximum Gasteiger partial charge on any atom is 0.155 e. The average molecular weight is 335 g/mol. The van der Waals surface area contributed by atoms with E-state index in [1.165, 1.54) is 6.20 Å². The molecule has 0 aliphatic carbocycles. The first-order valence-corrected chi connectivity index (χ1v) is 8.00. The SMILES string of the molecule is N#Cc1cccc(C2=CC(N)(c3cccc4cc(C#N)cnc34)N=C2)c1. The molecule has 0 radical (unpaired) electrons. The Labute approximate surface area is 150 Å². The van der Waals surface area contributed by atoms with Crippen LogP contribution >= 0.6 is 0 Å². The van der Waals surface area contributed by atoms with Crippen LogP contribution in [0.25, 0.3) is 16.5 Å². The molecule has 1 unspecified atom stereocenters. The molecule has 0 fully saturated rings. The van der Waals surface area contributed by atoms with Crippen LogP contribution in [0.15, 0.2) is 65.8 Å². The molecule has 0 spiro atoms. The van der Waals surface area contributed by atoms with Crippen LogP contribution in [0.1, 0.15) is 22.3 Å². The number of hydrogen-bond acceptors (Lipinski definition) is 5. The van der Waals surface area contributed by atoms with Gasteiger partial charge in [0.25, 0.3) is 0 Å². The number of allylic oxidation sites excluding steroid dienone is 1. The number of aromatic nitrogens is 1. The number of rotatable bonds is 2. The number of nitrogens with two attached hydrogens (primary N) is 1. The van der Waals surface area contributed by atoms with E-state index in [2.05, 4.69) is 22.1 Å². The van der Waals surface area contributed by atoms with Gasteiger partial charge in [-0.2, -0.15) is 10.5 Å². The van der Waals surface area contributed by atoms with Crippen molar-refractivity contribution < 1.29 is 0 Å². The molecule has 1 aliphatic heterocycles. The maximum absolute atomic E-state index is 9.09. The predicted molar refractivity (Wildman–Crippen MR) is 99.9 cm³/mol. The first-order valence-electron chi connectivity index (χ1n) is 8.00. The van der Waals surface area contributed by atoms with Crippen LogP contribution in [0, 0.1) is 22.7 Å². The number of nitrogens with zero attached hydrogens (tertiary/aromatic N) is 4. The molecule has 2 heterocycles. The van der Waals surface area contributed by atoms with Gasteiger partial charge in [-0.05, 0) is 35.4 Å². The molecule has 1 atom stereocenters. The Hall–Kier alpha value is -3.80. The zero-order valence-corrected chi connectivity index (χ0v) is 13.7. The van der Waals surface area contributed by atoms with Gasteiger partial charge in [-0.3, -0.25) is 15.7 Å². The van der Waals surface area contributed by atoms with E-state index in [1.807, 2.05) is 42.5 Å². The first-order chi connectivity index (χ1) is 12.6. The summed E-state index contributed by atoms with van der Waals surface area (Å²) in [6, 6.07) is 19.0. The van der Waals surface area contributed by atoms with Crippen LogP contribution < -0.4 is 5.73 Å². The molecular formula is C21H13N5. The van der Waals surface area contributed by atoms with Crippen molar-refractivity contribution in [2.45, 2.75) is 5.66 Å².